The van der Waals surface area contributed by atoms with E-state index in [1.54, 1.807) is 25.3 Å². The minimum absolute atomic E-state index is 0.00986. The van der Waals surface area contributed by atoms with Crippen LogP contribution in [0.4, 0.5) is 5.69 Å². The van der Waals surface area contributed by atoms with Crippen molar-refractivity contribution in [3.8, 4) is 5.75 Å². The van der Waals surface area contributed by atoms with E-state index in [0.29, 0.717) is 31.1 Å². The van der Waals surface area contributed by atoms with Gasteiger partial charge in [-0.1, -0.05) is 25.5 Å². The molecule has 1 N–H and O–H groups in total. The minimum atomic E-state index is -3.67. The number of benzene rings is 2. The molecule has 2 aliphatic heterocycles. The van der Waals surface area contributed by atoms with Crippen molar-refractivity contribution < 1.29 is 22.7 Å². The minimum Gasteiger partial charge on any atom is -0.497 e. The van der Waals surface area contributed by atoms with Gasteiger partial charge in [-0.15, -0.1) is 11.8 Å². The summed E-state index contributed by atoms with van der Waals surface area (Å²) >= 11 is 1.52. The highest BCUT2D eigenvalue weighted by Crippen LogP contribution is 2.39. The van der Waals surface area contributed by atoms with Crippen molar-refractivity contribution in [1.29, 1.82) is 0 Å². The molecule has 2 aromatic rings. The molecular weight excluding hydrogens is 486 g/mol. The van der Waals surface area contributed by atoms with Gasteiger partial charge in [0, 0.05) is 36.2 Å². The summed E-state index contributed by atoms with van der Waals surface area (Å²) < 4.78 is 33.3. The molecule has 0 spiro atoms. The maximum atomic E-state index is 13.3. The number of methoxy groups -OCH3 is 1. The number of hydrogen-bond donors (Lipinski definition) is 1. The largest absolute Gasteiger partial charge is 0.497 e. The standard InChI is InChI=1S/C25H31N3O5S2/c1-18-13-25(30)28(17-24(29)26-16-19-7-6-8-20(14-19)33-2)22-15-21(9-10-23(22)34-18)35(31,32)27-11-4-3-5-12-27/h6-10,14-15,18H,3-5,11-13,16-17H2,1-2H3,(H,26,29). The fourth-order valence-corrected chi connectivity index (χ4v) is 6.96. The molecule has 0 radical (unpaired) electrons. The Balaban J connectivity index is 1.57. The van der Waals surface area contributed by atoms with Crippen LogP contribution >= 0.6 is 11.8 Å². The molecule has 35 heavy (non-hydrogen) atoms. The molecular formula is C25H31N3O5S2. The number of carbonyl (C=O) groups is 2. The first-order chi connectivity index (χ1) is 16.8. The topological polar surface area (TPSA) is 96.0 Å². The molecule has 0 aliphatic carbocycles. The Labute approximate surface area is 211 Å². The number of sulfonamides is 1. The van der Waals surface area contributed by atoms with E-state index in [9.17, 15) is 18.0 Å². The third-order valence-corrected chi connectivity index (χ3v) is 9.25. The number of thioether (sulfide) groups is 1. The van der Waals surface area contributed by atoms with E-state index in [1.165, 1.54) is 21.0 Å². The lowest BCUT2D eigenvalue weighted by atomic mass is 10.2. The number of ether oxygens (including phenoxy) is 1. The summed E-state index contributed by atoms with van der Waals surface area (Å²) in [7, 11) is -2.09. The lowest BCUT2D eigenvalue weighted by Gasteiger charge is -2.27. The quantitative estimate of drug-likeness (QED) is 0.605. The van der Waals surface area contributed by atoms with Crippen LogP contribution in [0.3, 0.4) is 0 Å². The van der Waals surface area contributed by atoms with Gasteiger partial charge in [-0.3, -0.25) is 9.59 Å². The van der Waals surface area contributed by atoms with Crippen molar-refractivity contribution >= 4 is 39.3 Å². The Hall–Kier alpha value is -2.56. The van der Waals surface area contributed by atoms with Crippen molar-refractivity contribution in [1.82, 2.24) is 9.62 Å². The van der Waals surface area contributed by atoms with E-state index in [0.717, 1.165) is 29.7 Å². The van der Waals surface area contributed by atoms with Crippen LogP contribution in [0, 0.1) is 0 Å². The SMILES string of the molecule is COc1cccc(CNC(=O)CN2C(=O)CC(C)Sc3ccc(S(=O)(=O)N4CCCCC4)cc32)c1. The number of anilines is 1. The number of nitrogens with one attached hydrogen (secondary N) is 1. The van der Waals surface area contributed by atoms with Crippen LogP contribution < -0.4 is 15.0 Å². The maximum absolute atomic E-state index is 13.3. The number of piperidine rings is 1. The van der Waals surface area contributed by atoms with Crippen molar-refractivity contribution in [2.24, 2.45) is 0 Å². The molecule has 0 aromatic heterocycles. The number of hydrogen-bond acceptors (Lipinski definition) is 6. The van der Waals surface area contributed by atoms with Crippen LogP contribution in [-0.2, 0) is 26.2 Å². The van der Waals surface area contributed by atoms with Gasteiger partial charge >= 0.3 is 0 Å². The fourth-order valence-electron chi connectivity index (χ4n) is 4.33. The number of nitrogens with zero attached hydrogens (tertiary/aromatic N) is 2. The van der Waals surface area contributed by atoms with Gasteiger partial charge in [0.15, 0.2) is 0 Å². The zero-order valence-corrected chi connectivity index (χ0v) is 21.7. The third kappa shape index (κ3) is 5.99. The number of carbonyl (C=O) groups excluding carboxylic acids is 2. The molecule has 1 fully saturated rings. The Kier molecular flexibility index (Phi) is 8.03. The second-order valence-corrected chi connectivity index (χ2v) is 12.3. The summed E-state index contributed by atoms with van der Waals surface area (Å²) in [6.07, 6.45) is 2.97. The number of amides is 2. The molecule has 2 aliphatic rings. The predicted molar refractivity (Wildman–Crippen MR) is 136 cm³/mol. The second-order valence-electron chi connectivity index (χ2n) is 8.84. The van der Waals surface area contributed by atoms with E-state index in [2.05, 4.69) is 5.32 Å². The normalized spacial score (nSPS) is 19.1. The number of fused-ring (bicyclic) bond motifs is 1. The summed E-state index contributed by atoms with van der Waals surface area (Å²) in [5.41, 5.74) is 1.35. The highest BCUT2D eigenvalue weighted by Gasteiger charge is 2.31. The molecule has 8 nitrogen and oxygen atoms in total. The van der Waals surface area contributed by atoms with Crippen molar-refractivity contribution in [3.63, 3.8) is 0 Å². The Morgan fingerprint density at radius 3 is 2.66 bits per heavy atom. The molecule has 2 amide bonds. The predicted octanol–water partition coefficient (Wildman–Crippen LogP) is 3.40. The van der Waals surface area contributed by atoms with Crippen LogP contribution in [0.15, 0.2) is 52.3 Å². The first kappa shape index (κ1) is 25.5. The van der Waals surface area contributed by atoms with Crippen LogP contribution in [0.1, 0.15) is 38.2 Å². The van der Waals surface area contributed by atoms with Crippen LogP contribution in [-0.4, -0.2) is 56.5 Å². The molecule has 1 saturated heterocycles. The second kappa shape index (κ2) is 11.0. The van der Waals surface area contributed by atoms with Gasteiger partial charge in [0.25, 0.3) is 0 Å². The summed E-state index contributed by atoms with van der Waals surface area (Å²) in [5.74, 6) is 0.172. The molecule has 188 valence electrons. The van der Waals surface area contributed by atoms with Gasteiger partial charge in [0.2, 0.25) is 21.8 Å². The van der Waals surface area contributed by atoms with E-state index in [-0.39, 0.29) is 34.9 Å². The first-order valence-corrected chi connectivity index (χ1v) is 14.1. The zero-order chi connectivity index (χ0) is 25.0. The maximum Gasteiger partial charge on any atom is 0.243 e. The van der Waals surface area contributed by atoms with Crippen LogP contribution in [0.2, 0.25) is 0 Å². The lowest BCUT2D eigenvalue weighted by molar-refractivity contribution is -0.123. The van der Waals surface area contributed by atoms with Gasteiger partial charge < -0.3 is 15.0 Å². The van der Waals surface area contributed by atoms with Crippen molar-refractivity contribution in [3.05, 3.63) is 48.0 Å². The summed E-state index contributed by atoms with van der Waals surface area (Å²) in [5, 5.41) is 2.87. The van der Waals surface area contributed by atoms with Gasteiger partial charge in [0.1, 0.15) is 12.3 Å². The molecule has 4 rings (SSSR count). The molecule has 0 saturated carbocycles. The van der Waals surface area contributed by atoms with Gasteiger partial charge in [-0.25, -0.2) is 8.42 Å². The van der Waals surface area contributed by atoms with E-state index in [1.807, 2.05) is 31.2 Å². The fraction of sp³-hybridized carbons (Fsp3) is 0.440. The van der Waals surface area contributed by atoms with Gasteiger partial charge in [-0.2, -0.15) is 4.31 Å². The van der Waals surface area contributed by atoms with Crippen LogP contribution in [0.25, 0.3) is 0 Å². The highest BCUT2D eigenvalue weighted by molar-refractivity contribution is 8.00. The monoisotopic (exact) mass is 517 g/mol. The third-order valence-electron chi connectivity index (χ3n) is 6.19. The highest BCUT2D eigenvalue weighted by atomic mass is 32.2. The average Bonchev–Trinajstić information content (AvgIpc) is 2.98. The van der Waals surface area contributed by atoms with Crippen molar-refractivity contribution in [2.75, 3.05) is 31.6 Å². The number of rotatable bonds is 7. The van der Waals surface area contributed by atoms with Crippen LogP contribution in [0.5, 0.6) is 5.75 Å². The lowest BCUT2D eigenvalue weighted by Crippen LogP contribution is -2.41. The zero-order valence-electron chi connectivity index (χ0n) is 20.0. The molecule has 1 unspecified atom stereocenters. The van der Waals surface area contributed by atoms with E-state index >= 15 is 0 Å². The summed E-state index contributed by atoms with van der Waals surface area (Å²) in [6, 6.07) is 12.3. The summed E-state index contributed by atoms with van der Waals surface area (Å²) in [4.78, 5) is 28.3. The van der Waals surface area contributed by atoms with Gasteiger partial charge in [0.05, 0.1) is 17.7 Å². The average molecular weight is 518 g/mol. The smallest absolute Gasteiger partial charge is 0.243 e. The Morgan fingerprint density at radius 2 is 1.91 bits per heavy atom. The van der Waals surface area contributed by atoms with E-state index in [4.69, 9.17) is 4.74 Å². The summed E-state index contributed by atoms with van der Waals surface area (Å²) in [6.45, 7) is 3.06. The van der Waals surface area contributed by atoms with Gasteiger partial charge in [-0.05, 0) is 48.7 Å². The molecule has 2 aromatic carbocycles. The molecule has 1 atom stereocenters. The van der Waals surface area contributed by atoms with Crippen molar-refractivity contribution in [2.45, 2.75) is 54.2 Å². The molecule has 10 heteroatoms. The Morgan fingerprint density at radius 1 is 1.14 bits per heavy atom. The first-order valence-electron chi connectivity index (χ1n) is 11.8. The molecule has 2 heterocycles. The Bertz CT molecular complexity index is 1200. The molecule has 0 bridgehead atoms. The van der Waals surface area contributed by atoms with E-state index < -0.39 is 10.0 Å².